The summed E-state index contributed by atoms with van der Waals surface area (Å²) >= 11 is 0. The normalized spacial score (nSPS) is 9.90. The zero-order valence-electron chi connectivity index (χ0n) is 11.2. The quantitative estimate of drug-likeness (QED) is 0.798. The highest BCUT2D eigenvalue weighted by Crippen LogP contribution is 2.30. The Morgan fingerprint density at radius 2 is 1.95 bits per heavy atom. The molecule has 0 fully saturated rings. The molecule has 4 heteroatoms. The van der Waals surface area contributed by atoms with Crippen molar-refractivity contribution in [2.75, 3.05) is 11.9 Å². The van der Waals surface area contributed by atoms with Crippen LogP contribution in [-0.2, 0) is 0 Å². The van der Waals surface area contributed by atoms with Gasteiger partial charge in [-0.2, -0.15) is 5.26 Å². The second-order valence-electron chi connectivity index (χ2n) is 4.41. The first kappa shape index (κ1) is 13.8. The number of anilines is 2. The van der Waals surface area contributed by atoms with Gasteiger partial charge in [-0.15, -0.1) is 0 Å². The molecule has 100 valence electrons. The van der Waals surface area contributed by atoms with Gasteiger partial charge < -0.3 is 4.90 Å². The van der Waals surface area contributed by atoms with Crippen molar-refractivity contribution in [2.24, 2.45) is 0 Å². The molecule has 0 heterocycles. The van der Waals surface area contributed by atoms with Crippen molar-refractivity contribution in [2.45, 2.75) is 6.92 Å². The fourth-order valence-corrected chi connectivity index (χ4v) is 2.05. The third-order valence-corrected chi connectivity index (χ3v) is 3.06. The number of nitriles is 1. The number of Topliss-reactive ketones (excluding diaryl/α,β-unsaturated/α-hetero) is 1. The van der Waals surface area contributed by atoms with E-state index < -0.39 is 5.82 Å². The highest BCUT2D eigenvalue weighted by atomic mass is 19.1. The Morgan fingerprint density at radius 3 is 2.60 bits per heavy atom. The standard InChI is InChI=1S/C16H13FN2O/c1-11(20)14-7-4-8-15(17)16(14)19(2)13-6-3-5-12(9-13)10-18/h3-9H,1-2H3. The van der Waals surface area contributed by atoms with Crippen LogP contribution in [0.25, 0.3) is 0 Å². The maximum absolute atomic E-state index is 14.1. The minimum Gasteiger partial charge on any atom is -0.342 e. The second-order valence-corrected chi connectivity index (χ2v) is 4.41. The molecule has 2 rings (SSSR count). The highest BCUT2D eigenvalue weighted by Gasteiger charge is 2.17. The molecule has 0 radical (unpaired) electrons. The Hall–Kier alpha value is -2.67. The molecule has 0 spiro atoms. The van der Waals surface area contributed by atoms with Crippen molar-refractivity contribution < 1.29 is 9.18 Å². The number of halogens is 1. The van der Waals surface area contributed by atoms with Crippen LogP contribution < -0.4 is 4.90 Å². The Bertz CT molecular complexity index is 704. The van der Waals surface area contributed by atoms with Crippen LogP contribution in [0.15, 0.2) is 42.5 Å². The van der Waals surface area contributed by atoms with Crippen molar-refractivity contribution in [3.05, 3.63) is 59.4 Å². The summed E-state index contributed by atoms with van der Waals surface area (Å²) in [6.07, 6.45) is 0. The van der Waals surface area contributed by atoms with E-state index in [0.29, 0.717) is 16.8 Å². The lowest BCUT2D eigenvalue weighted by Gasteiger charge is -2.22. The predicted octanol–water partition coefficient (Wildman–Crippen LogP) is 3.67. The summed E-state index contributed by atoms with van der Waals surface area (Å²) in [5.41, 5.74) is 1.66. The fourth-order valence-electron chi connectivity index (χ4n) is 2.05. The van der Waals surface area contributed by atoms with Gasteiger partial charge in [-0.3, -0.25) is 4.79 Å². The van der Waals surface area contributed by atoms with Crippen LogP contribution in [0, 0.1) is 17.1 Å². The number of carbonyl (C=O) groups is 1. The van der Waals surface area contributed by atoms with Gasteiger partial charge in [0, 0.05) is 18.3 Å². The van der Waals surface area contributed by atoms with E-state index >= 15 is 0 Å². The minimum atomic E-state index is -0.470. The molecule has 0 saturated carbocycles. The molecule has 0 aliphatic carbocycles. The van der Waals surface area contributed by atoms with Gasteiger partial charge in [-0.05, 0) is 37.3 Å². The van der Waals surface area contributed by atoms with Gasteiger partial charge in [0.1, 0.15) is 5.82 Å². The van der Waals surface area contributed by atoms with Crippen LogP contribution in [0.2, 0.25) is 0 Å². The Kier molecular flexibility index (Phi) is 3.81. The van der Waals surface area contributed by atoms with Crippen molar-refractivity contribution in [3.8, 4) is 6.07 Å². The minimum absolute atomic E-state index is 0.206. The molecule has 0 saturated heterocycles. The van der Waals surface area contributed by atoms with Gasteiger partial charge in [0.25, 0.3) is 0 Å². The summed E-state index contributed by atoms with van der Waals surface area (Å²) in [5, 5.41) is 8.92. The van der Waals surface area contributed by atoms with E-state index in [1.165, 1.54) is 19.1 Å². The summed E-state index contributed by atoms with van der Waals surface area (Å²) in [7, 11) is 1.67. The molecule has 0 N–H and O–H groups in total. The maximum atomic E-state index is 14.1. The summed E-state index contributed by atoms with van der Waals surface area (Å²) in [6, 6.07) is 13.3. The molecule has 0 atom stereocenters. The number of carbonyl (C=O) groups excluding carboxylic acids is 1. The Morgan fingerprint density at radius 1 is 1.25 bits per heavy atom. The van der Waals surface area contributed by atoms with E-state index in [9.17, 15) is 9.18 Å². The first-order valence-corrected chi connectivity index (χ1v) is 6.08. The summed E-state index contributed by atoms with van der Waals surface area (Å²) in [5.74, 6) is -0.676. The highest BCUT2D eigenvalue weighted by molar-refractivity contribution is 6.00. The molecule has 0 amide bonds. The molecule has 0 aromatic heterocycles. The van der Waals surface area contributed by atoms with Gasteiger partial charge in [-0.1, -0.05) is 12.1 Å². The van der Waals surface area contributed by atoms with Crippen LogP contribution in [-0.4, -0.2) is 12.8 Å². The van der Waals surface area contributed by atoms with Gasteiger partial charge in [-0.25, -0.2) is 4.39 Å². The monoisotopic (exact) mass is 268 g/mol. The van der Waals surface area contributed by atoms with Crippen LogP contribution >= 0.6 is 0 Å². The van der Waals surface area contributed by atoms with Crippen molar-refractivity contribution in [1.82, 2.24) is 0 Å². The average molecular weight is 268 g/mol. The Labute approximate surface area is 116 Å². The molecule has 2 aromatic rings. The SMILES string of the molecule is CC(=O)c1cccc(F)c1N(C)c1cccc(C#N)c1. The van der Waals surface area contributed by atoms with E-state index in [4.69, 9.17) is 5.26 Å². The fraction of sp³-hybridized carbons (Fsp3) is 0.125. The molecule has 0 aliphatic heterocycles. The maximum Gasteiger partial charge on any atom is 0.162 e. The third kappa shape index (κ3) is 2.52. The first-order chi connectivity index (χ1) is 9.54. The lowest BCUT2D eigenvalue weighted by atomic mass is 10.1. The number of para-hydroxylation sites is 1. The van der Waals surface area contributed by atoms with Gasteiger partial charge >= 0.3 is 0 Å². The summed E-state index contributed by atoms with van der Waals surface area (Å²) < 4.78 is 14.1. The van der Waals surface area contributed by atoms with E-state index in [1.807, 2.05) is 6.07 Å². The number of rotatable bonds is 3. The van der Waals surface area contributed by atoms with Gasteiger partial charge in [0.05, 0.1) is 17.3 Å². The third-order valence-electron chi connectivity index (χ3n) is 3.06. The summed E-state index contributed by atoms with van der Waals surface area (Å²) in [4.78, 5) is 13.2. The van der Waals surface area contributed by atoms with E-state index in [2.05, 4.69) is 0 Å². The average Bonchev–Trinajstić information content (AvgIpc) is 2.46. The number of benzene rings is 2. The van der Waals surface area contributed by atoms with E-state index in [0.717, 1.165) is 0 Å². The Balaban J connectivity index is 2.56. The number of nitrogens with zero attached hydrogens (tertiary/aromatic N) is 2. The topological polar surface area (TPSA) is 44.1 Å². The molecule has 3 nitrogen and oxygen atoms in total. The molecular weight excluding hydrogens is 255 g/mol. The van der Waals surface area contributed by atoms with Gasteiger partial charge in [0.15, 0.2) is 5.78 Å². The zero-order chi connectivity index (χ0) is 14.7. The second kappa shape index (κ2) is 5.54. The molecule has 0 bridgehead atoms. The van der Waals surface area contributed by atoms with Crippen molar-refractivity contribution >= 4 is 17.2 Å². The molecule has 2 aromatic carbocycles. The van der Waals surface area contributed by atoms with Crippen LogP contribution in [0.3, 0.4) is 0 Å². The lowest BCUT2D eigenvalue weighted by Crippen LogP contribution is -2.15. The number of ketones is 1. The predicted molar refractivity (Wildman–Crippen MR) is 75.6 cm³/mol. The largest absolute Gasteiger partial charge is 0.342 e. The number of hydrogen-bond acceptors (Lipinski definition) is 3. The van der Waals surface area contributed by atoms with E-state index in [1.54, 1.807) is 42.3 Å². The zero-order valence-corrected chi connectivity index (χ0v) is 11.2. The van der Waals surface area contributed by atoms with E-state index in [-0.39, 0.29) is 11.5 Å². The first-order valence-electron chi connectivity index (χ1n) is 6.08. The molecule has 20 heavy (non-hydrogen) atoms. The molecule has 0 aliphatic rings. The van der Waals surface area contributed by atoms with Crippen molar-refractivity contribution in [1.29, 1.82) is 5.26 Å². The van der Waals surface area contributed by atoms with Gasteiger partial charge in [0.2, 0.25) is 0 Å². The number of hydrogen-bond donors (Lipinski definition) is 0. The van der Waals surface area contributed by atoms with Crippen molar-refractivity contribution in [3.63, 3.8) is 0 Å². The van der Waals surface area contributed by atoms with Crippen LogP contribution in [0.4, 0.5) is 15.8 Å². The smallest absolute Gasteiger partial charge is 0.162 e. The molecule has 0 unspecified atom stereocenters. The van der Waals surface area contributed by atoms with Crippen LogP contribution in [0.1, 0.15) is 22.8 Å². The van der Waals surface area contributed by atoms with Crippen LogP contribution in [0.5, 0.6) is 0 Å². The molecular formula is C16H13FN2O. The summed E-state index contributed by atoms with van der Waals surface area (Å²) in [6.45, 7) is 1.40. The lowest BCUT2D eigenvalue weighted by molar-refractivity contribution is 0.101.